The Labute approximate surface area is 127 Å². The summed E-state index contributed by atoms with van der Waals surface area (Å²) in [4.78, 5) is 27.1. The number of esters is 1. The van der Waals surface area contributed by atoms with Crippen LogP contribution in [0.4, 0.5) is 5.69 Å². The van der Waals surface area contributed by atoms with Gasteiger partial charge in [-0.15, -0.1) is 0 Å². The largest absolute Gasteiger partial charge is 0.468 e. The van der Waals surface area contributed by atoms with E-state index >= 15 is 0 Å². The number of aliphatic imine (C=N–C) groups is 1. The predicted octanol–water partition coefficient (Wildman–Crippen LogP) is 2.10. The summed E-state index contributed by atoms with van der Waals surface area (Å²) in [6.07, 6.45) is 1.13. The molecule has 0 bridgehead atoms. The number of halogens is 1. The minimum atomic E-state index is -1.13. The molecule has 110 valence electrons. The molecule has 1 unspecified atom stereocenters. The lowest BCUT2D eigenvalue weighted by atomic mass is 10.1. The predicted molar refractivity (Wildman–Crippen MR) is 78.7 cm³/mol. The average molecular weight is 308 g/mol. The molecule has 6 nitrogen and oxygen atoms in total. The molecule has 1 rings (SSSR count). The Morgan fingerprint density at radius 2 is 2.29 bits per heavy atom. The lowest BCUT2D eigenvalue weighted by molar-refractivity contribution is -0.141. The molecule has 0 radical (unpaired) electrons. The maximum atomic E-state index is 11.8. The summed E-state index contributed by atoms with van der Waals surface area (Å²) in [6.45, 7) is 2.27. The summed E-state index contributed by atoms with van der Waals surface area (Å²) in [6, 6.07) is 6.51. The van der Waals surface area contributed by atoms with E-state index < -0.39 is 11.9 Å². The molecule has 0 aliphatic carbocycles. The minimum absolute atomic E-state index is 0.154. The fourth-order valence-electron chi connectivity index (χ4n) is 1.48. The molecule has 0 saturated carbocycles. The Bertz CT molecular complexity index is 608. The van der Waals surface area contributed by atoms with Crippen LogP contribution in [0.2, 0.25) is 5.02 Å². The van der Waals surface area contributed by atoms with Gasteiger partial charge in [0.25, 0.3) is 5.91 Å². The molecule has 0 spiro atoms. The number of hydrogen-bond acceptors (Lipinski definition) is 5. The van der Waals surface area contributed by atoms with Crippen LogP contribution in [0, 0.1) is 17.2 Å². The van der Waals surface area contributed by atoms with E-state index in [0.717, 1.165) is 6.21 Å². The van der Waals surface area contributed by atoms with Crippen molar-refractivity contribution >= 4 is 35.4 Å². The van der Waals surface area contributed by atoms with Crippen molar-refractivity contribution in [2.45, 2.75) is 6.92 Å². The molecule has 0 fully saturated rings. The van der Waals surface area contributed by atoms with Crippen LogP contribution in [-0.2, 0) is 9.53 Å². The van der Waals surface area contributed by atoms with Gasteiger partial charge in [0.15, 0.2) is 5.92 Å². The molecule has 1 amide bonds. The van der Waals surface area contributed by atoms with Gasteiger partial charge in [-0.3, -0.25) is 14.6 Å². The number of hydrogen-bond donors (Lipinski definition) is 1. The van der Waals surface area contributed by atoms with Crippen molar-refractivity contribution < 1.29 is 14.3 Å². The molecule has 21 heavy (non-hydrogen) atoms. The van der Waals surface area contributed by atoms with E-state index in [0.29, 0.717) is 12.2 Å². The second-order valence-electron chi connectivity index (χ2n) is 3.91. The quantitative estimate of drug-likeness (QED) is 0.666. The number of benzene rings is 1. The highest BCUT2D eigenvalue weighted by Crippen LogP contribution is 2.28. The average Bonchev–Trinajstić information content (AvgIpc) is 2.49. The van der Waals surface area contributed by atoms with E-state index in [1.54, 1.807) is 31.2 Å². The van der Waals surface area contributed by atoms with Gasteiger partial charge in [-0.25, -0.2) is 0 Å². The number of carbonyl (C=O) groups excluding carboxylic acids is 2. The summed E-state index contributed by atoms with van der Waals surface area (Å²) >= 11 is 6.11. The molecule has 1 atom stereocenters. The number of carbonyl (C=O) groups is 2. The third-order valence-electron chi connectivity index (χ3n) is 2.52. The van der Waals surface area contributed by atoms with Gasteiger partial charge < -0.3 is 10.1 Å². The van der Waals surface area contributed by atoms with E-state index in [9.17, 15) is 9.59 Å². The zero-order chi connectivity index (χ0) is 15.8. The maximum absolute atomic E-state index is 11.8. The lowest BCUT2D eigenvalue weighted by Gasteiger charge is -2.06. The standard InChI is InChI=1S/C14H14ClN3O3/c1-3-17-13(19)10-5-4-6-11(12(10)15)18-8-9(7-16)14(20)21-2/h4-6,8-9H,3H2,1-2H3,(H,17,19). The smallest absolute Gasteiger partial charge is 0.328 e. The Kier molecular flexibility index (Phi) is 6.37. The number of methoxy groups -OCH3 is 1. The van der Waals surface area contributed by atoms with Gasteiger partial charge in [0.05, 0.1) is 29.5 Å². The summed E-state index contributed by atoms with van der Waals surface area (Å²) < 4.78 is 4.47. The highest BCUT2D eigenvalue weighted by atomic mass is 35.5. The first-order valence-corrected chi connectivity index (χ1v) is 6.51. The minimum Gasteiger partial charge on any atom is -0.468 e. The highest BCUT2D eigenvalue weighted by molar-refractivity contribution is 6.36. The molecule has 0 aliphatic heterocycles. The van der Waals surface area contributed by atoms with Crippen LogP contribution < -0.4 is 5.32 Å². The maximum Gasteiger partial charge on any atom is 0.328 e. The van der Waals surface area contributed by atoms with Gasteiger partial charge in [0.2, 0.25) is 0 Å². The van der Waals surface area contributed by atoms with Gasteiger partial charge in [0, 0.05) is 12.8 Å². The zero-order valence-electron chi connectivity index (χ0n) is 11.6. The second-order valence-corrected chi connectivity index (χ2v) is 4.28. The summed E-state index contributed by atoms with van der Waals surface area (Å²) in [5.41, 5.74) is 0.573. The van der Waals surface area contributed by atoms with Gasteiger partial charge in [0.1, 0.15) is 0 Å². The monoisotopic (exact) mass is 307 g/mol. The molecule has 1 aromatic rings. The van der Waals surface area contributed by atoms with Gasteiger partial charge in [-0.1, -0.05) is 17.7 Å². The summed E-state index contributed by atoms with van der Waals surface area (Å²) in [5, 5.41) is 11.6. The molecular weight excluding hydrogens is 294 g/mol. The van der Waals surface area contributed by atoms with Crippen molar-refractivity contribution in [2.24, 2.45) is 10.9 Å². The van der Waals surface area contributed by atoms with Crippen LogP contribution in [-0.4, -0.2) is 31.7 Å². The Balaban J connectivity index is 3.05. The number of rotatable bonds is 5. The van der Waals surface area contributed by atoms with Crippen molar-refractivity contribution in [3.05, 3.63) is 28.8 Å². The Morgan fingerprint density at radius 1 is 1.57 bits per heavy atom. The zero-order valence-corrected chi connectivity index (χ0v) is 12.3. The van der Waals surface area contributed by atoms with Gasteiger partial charge in [-0.05, 0) is 19.1 Å². The normalized spacial score (nSPS) is 11.7. The topological polar surface area (TPSA) is 91.5 Å². The van der Waals surface area contributed by atoms with Crippen LogP contribution >= 0.6 is 11.6 Å². The van der Waals surface area contributed by atoms with Crippen LogP contribution in [0.3, 0.4) is 0 Å². The van der Waals surface area contributed by atoms with E-state index in [1.165, 1.54) is 7.11 Å². The molecule has 1 aromatic carbocycles. The first-order chi connectivity index (χ1) is 10.0. The first kappa shape index (κ1) is 16.7. The molecule has 0 heterocycles. The SMILES string of the molecule is CCNC(=O)c1cccc(N=CC(C#N)C(=O)OC)c1Cl. The van der Waals surface area contributed by atoms with Crippen molar-refractivity contribution in [3.63, 3.8) is 0 Å². The van der Waals surface area contributed by atoms with E-state index in [4.69, 9.17) is 16.9 Å². The highest BCUT2D eigenvalue weighted by Gasteiger charge is 2.16. The first-order valence-electron chi connectivity index (χ1n) is 6.13. The summed E-state index contributed by atoms with van der Waals surface area (Å²) in [7, 11) is 1.18. The van der Waals surface area contributed by atoms with Crippen molar-refractivity contribution in [3.8, 4) is 6.07 Å². The lowest BCUT2D eigenvalue weighted by Crippen LogP contribution is -2.22. The third kappa shape index (κ3) is 4.29. The molecule has 0 saturated heterocycles. The molecular formula is C14H14ClN3O3. The number of amides is 1. The van der Waals surface area contributed by atoms with Crippen LogP contribution in [0.1, 0.15) is 17.3 Å². The van der Waals surface area contributed by atoms with E-state index in [2.05, 4.69) is 15.0 Å². The van der Waals surface area contributed by atoms with Gasteiger partial charge >= 0.3 is 5.97 Å². The molecule has 0 aliphatic rings. The second kappa shape index (κ2) is 8.02. The Hall–Kier alpha value is -2.39. The van der Waals surface area contributed by atoms with Crippen molar-refractivity contribution in [1.29, 1.82) is 5.26 Å². The molecule has 0 aromatic heterocycles. The summed E-state index contributed by atoms with van der Waals surface area (Å²) in [5.74, 6) is -2.15. The van der Waals surface area contributed by atoms with E-state index in [-0.39, 0.29) is 16.5 Å². The van der Waals surface area contributed by atoms with Crippen molar-refractivity contribution in [2.75, 3.05) is 13.7 Å². The van der Waals surface area contributed by atoms with Crippen LogP contribution in [0.5, 0.6) is 0 Å². The van der Waals surface area contributed by atoms with Gasteiger partial charge in [-0.2, -0.15) is 5.26 Å². The fourth-order valence-corrected chi connectivity index (χ4v) is 1.74. The number of nitrogens with zero attached hydrogens (tertiary/aromatic N) is 2. The molecule has 1 N–H and O–H groups in total. The Morgan fingerprint density at radius 3 is 2.86 bits per heavy atom. The number of nitriles is 1. The molecule has 7 heteroatoms. The van der Waals surface area contributed by atoms with Crippen molar-refractivity contribution in [1.82, 2.24) is 5.32 Å². The third-order valence-corrected chi connectivity index (χ3v) is 2.91. The van der Waals surface area contributed by atoms with Crippen LogP contribution in [0.25, 0.3) is 0 Å². The van der Waals surface area contributed by atoms with Crippen LogP contribution in [0.15, 0.2) is 23.2 Å². The number of ether oxygens (including phenoxy) is 1. The number of nitrogens with one attached hydrogen (secondary N) is 1. The van der Waals surface area contributed by atoms with E-state index in [1.807, 2.05) is 0 Å². The fraction of sp³-hybridized carbons (Fsp3) is 0.286.